The van der Waals surface area contributed by atoms with Crippen molar-refractivity contribution in [2.24, 2.45) is 0 Å². The first-order valence-corrected chi connectivity index (χ1v) is 10.1. The van der Waals surface area contributed by atoms with Gasteiger partial charge in [0.05, 0.1) is 11.3 Å². The van der Waals surface area contributed by atoms with E-state index in [4.69, 9.17) is 0 Å². The van der Waals surface area contributed by atoms with Crippen LogP contribution in [0.3, 0.4) is 0 Å². The standard InChI is InChI=1S/C24H24F3N3O/c1-2-3-6-22(31)30-21-5-4-15-28-23(21)29-16-17-7-9-18(10-8-17)19-11-13-20(14-12-19)24(25,26)27/h4-5,7-15H,2-3,6,16H2,1H3,(H,28,29)(H,30,31). The summed E-state index contributed by atoms with van der Waals surface area (Å²) in [6.45, 7) is 2.52. The molecule has 2 N–H and O–H groups in total. The van der Waals surface area contributed by atoms with Crippen molar-refractivity contribution in [3.05, 3.63) is 78.0 Å². The molecule has 0 aliphatic carbocycles. The van der Waals surface area contributed by atoms with Crippen LogP contribution in [0.4, 0.5) is 24.7 Å². The van der Waals surface area contributed by atoms with Gasteiger partial charge in [0.25, 0.3) is 0 Å². The first kappa shape index (κ1) is 22.3. The highest BCUT2D eigenvalue weighted by Gasteiger charge is 2.29. The van der Waals surface area contributed by atoms with E-state index in [0.29, 0.717) is 30.0 Å². The molecule has 4 nitrogen and oxygen atoms in total. The van der Waals surface area contributed by atoms with Crippen LogP contribution >= 0.6 is 0 Å². The summed E-state index contributed by atoms with van der Waals surface area (Å²) in [7, 11) is 0. The Hall–Kier alpha value is -3.35. The summed E-state index contributed by atoms with van der Waals surface area (Å²) in [4.78, 5) is 16.3. The summed E-state index contributed by atoms with van der Waals surface area (Å²) in [6, 6.07) is 16.2. The molecule has 0 saturated heterocycles. The summed E-state index contributed by atoms with van der Waals surface area (Å²) in [5.74, 6) is 0.540. The number of carbonyl (C=O) groups is 1. The van der Waals surface area contributed by atoms with Crippen LogP contribution < -0.4 is 10.6 Å². The van der Waals surface area contributed by atoms with Crippen LogP contribution in [0.1, 0.15) is 37.3 Å². The summed E-state index contributed by atoms with van der Waals surface area (Å²) >= 11 is 0. The van der Waals surface area contributed by atoms with Gasteiger partial charge in [0.15, 0.2) is 0 Å². The SMILES string of the molecule is CCCCC(=O)Nc1cccnc1NCc1ccc(-c2ccc(C(F)(F)F)cc2)cc1. The zero-order valence-corrected chi connectivity index (χ0v) is 17.2. The number of halogens is 3. The van der Waals surface area contributed by atoms with E-state index in [2.05, 4.69) is 15.6 Å². The largest absolute Gasteiger partial charge is 0.416 e. The van der Waals surface area contributed by atoms with Crippen LogP contribution in [0.5, 0.6) is 0 Å². The average molecular weight is 427 g/mol. The fourth-order valence-corrected chi connectivity index (χ4v) is 3.05. The van der Waals surface area contributed by atoms with Gasteiger partial charge in [0.1, 0.15) is 5.82 Å². The van der Waals surface area contributed by atoms with Gasteiger partial charge in [-0.25, -0.2) is 4.98 Å². The minimum atomic E-state index is -4.34. The second kappa shape index (κ2) is 10.1. The zero-order chi connectivity index (χ0) is 22.3. The third kappa shape index (κ3) is 6.31. The molecule has 0 fully saturated rings. The fourth-order valence-electron chi connectivity index (χ4n) is 3.05. The number of nitrogens with zero attached hydrogens (tertiary/aromatic N) is 1. The number of pyridine rings is 1. The first-order valence-electron chi connectivity index (χ1n) is 10.1. The molecule has 0 aliphatic rings. The van der Waals surface area contributed by atoms with Crippen LogP contribution in [0.25, 0.3) is 11.1 Å². The molecule has 0 bridgehead atoms. The monoisotopic (exact) mass is 427 g/mol. The Morgan fingerprint density at radius 1 is 0.968 bits per heavy atom. The Kier molecular flexibility index (Phi) is 7.28. The number of rotatable bonds is 8. The Labute approximate surface area is 179 Å². The topological polar surface area (TPSA) is 54.0 Å². The third-order valence-corrected chi connectivity index (χ3v) is 4.80. The minimum absolute atomic E-state index is 0.0428. The minimum Gasteiger partial charge on any atom is -0.364 e. The van der Waals surface area contributed by atoms with Crippen molar-refractivity contribution in [1.29, 1.82) is 0 Å². The lowest BCUT2D eigenvalue weighted by Gasteiger charge is -2.12. The molecule has 0 saturated carbocycles. The summed E-state index contributed by atoms with van der Waals surface area (Å²) < 4.78 is 38.2. The van der Waals surface area contributed by atoms with E-state index in [0.717, 1.165) is 36.1 Å². The lowest BCUT2D eigenvalue weighted by Crippen LogP contribution is -2.13. The second-order valence-electron chi connectivity index (χ2n) is 7.18. The molecule has 0 unspecified atom stereocenters. The first-order chi connectivity index (χ1) is 14.9. The molecule has 0 aliphatic heterocycles. The molecular formula is C24H24F3N3O. The van der Waals surface area contributed by atoms with E-state index in [1.165, 1.54) is 12.1 Å². The summed E-state index contributed by atoms with van der Waals surface area (Å²) in [5, 5.41) is 6.11. The molecule has 1 heterocycles. The highest BCUT2D eigenvalue weighted by atomic mass is 19.4. The van der Waals surface area contributed by atoms with Crippen molar-refractivity contribution in [2.75, 3.05) is 10.6 Å². The quantitative estimate of drug-likeness (QED) is 0.431. The van der Waals surface area contributed by atoms with Gasteiger partial charge < -0.3 is 10.6 Å². The van der Waals surface area contributed by atoms with Gasteiger partial charge in [-0.2, -0.15) is 13.2 Å². The van der Waals surface area contributed by atoms with Crippen molar-refractivity contribution >= 4 is 17.4 Å². The van der Waals surface area contributed by atoms with Crippen molar-refractivity contribution in [3.8, 4) is 11.1 Å². The van der Waals surface area contributed by atoms with Crippen LogP contribution in [-0.4, -0.2) is 10.9 Å². The van der Waals surface area contributed by atoms with Gasteiger partial charge in [-0.15, -0.1) is 0 Å². The molecule has 0 radical (unpaired) electrons. The van der Waals surface area contributed by atoms with E-state index >= 15 is 0 Å². The van der Waals surface area contributed by atoms with E-state index in [1.807, 2.05) is 31.2 Å². The number of amides is 1. The number of carbonyl (C=O) groups excluding carboxylic acids is 1. The Bertz CT molecular complexity index is 1000. The number of hydrogen-bond acceptors (Lipinski definition) is 3. The van der Waals surface area contributed by atoms with Crippen LogP contribution in [0.15, 0.2) is 66.9 Å². The normalized spacial score (nSPS) is 11.2. The smallest absolute Gasteiger partial charge is 0.364 e. The third-order valence-electron chi connectivity index (χ3n) is 4.80. The van der Waals surface area contributed by atoms with E-state index in [1.54, 1.807) is 18.3 Å². The molecule has 3 aromatic rings. The van der Waals surface area contributed by atoms with Crippen LogP contribution in [0, 0.1) is 0 Å². The lowest BCUT2D eigenvalue weighted by molar-refractivity contribution is -0.137. The maximum atomic E-state index is 12.7. The molecule has 1 aromatic heterocycles. The number of anilines is 2. The van der Waals surface area contributed by atoms with Gasteiger partial charge in [0.2, 0.25) is 5.91 Å². The Morgan fingerprint density at radius 2 is 1.61 bits per heavy atom. The van der Waals surface area contributed by atoms with E-state index in [9.17, 15) is 18.0 Å². The molecule has 31 heavy (non-hydrogen) atoms. The Balaban J connectivity index is 1.63. The Morgan fingerprint density at radius 3 is 2.23 bits per heavy atom. The predicted molar refractivity (Wildman–Crippen MR) is 117 cm³/mol. The van der Waals surface area contributed by atoms with Crippen LogP contribution in [0.2, 0.25) is 0 Å². The number of nitrogens with one attached hydrogen (secondary N) is 2. The molecule has 0 spiro atoms. The van der Waals surface area contributed by atoms with Gasteiger partial charge in [-0.05, 0) is 47.4 Å². The molecule has 162 valence electrons. The number of aromatic nitrogens is 1. The maximum Gasteiger partial charge on any atom is 0.416 e. The van der Waals surface area contributed by atoms with Gasteiger partial charge in [0, 0.05) is 19.2 Å². The second-order valence-corrected chi connectivity index (χ2v) is 7.18. The average Bonchev–Trinajstić information content (AvgIpc) is 2.77. The molecule has 1 amide bonds. The number of alkyl halides is 3. The van der Waals surface area contributed by atoms with Gasteiger partial charge in [-0.3, -0.25) is 4.79 Å². The van der Waals surface area contributed by atoms with E-state index < -0.39 is 11.7 Å². The molecule has 3 rings (SSSR count). The maximum absolute atomic E-state index is 12.7. The molecule has 2 aromatic carbocycles. The summed E-state index contributed by atoms with van der Waals surface area (Å²) in [5.41, 5.74) is 2.49. The molecule has 0 atom stereocenters. The van der Waals surface area contributed by atoms with Crippen molar-refractivity contribution in [1.82, 2.24) is 4.98 Å². The van der Waals surface area contributed by atoms with Crippen molar-refractivity contribution in [3.63, 3.8) is 0 Å². The lowest BCUT2D eigenvalue weighted by atomic mass is 10.0. The van der Waals surface area contributed by atoms with Crippen molar-refractivity contribution < 1.29 is 18.0 Å². The summed E-state index contributed by atoms with van der Waals surface area (Å²) in [6.07, 6.45) is -0.435. The highest BCUT2D eigenvalue weighted by molar-refractivity contribution is 5.93. The van der Waals surface area contributed by atoms with Crippen molar-refractivity contribution in [2.45, 2.75) is 38.9 Å². The zero-order valence-electron chi connectivity index (χ0n) is 17.2. The molecular weight excluding hydrogens is 403 g/mol. The number of unbranched alkanes of at least 4 members (excludes halogenated alkanes) is 1. The highest BCUT2D eigenvalue weighted by Crippen LogP contribution is 2.31. The van der Waals surface area contributed by atoms with E-state index in [-0.39, 0.29) is 5.91 Å². The predicted octanol–water partition coefficient (Wildman–Crippen LogP) is 6.51. The number of hydrogen-bond donors (Lipinski definition) is 2. The fraction of sp³-hybridized carbons (Fsp3) is 0.250. The van der Waals surface area contributed by atoms with Gasteiger partial charge >= 0.3 is 6.18 Å². The number of benzene rings is 2. The van der Waals surface area contributed by atoms with Gasteiger partial charge in [-0.1, -0.05) is 49.7 Å². The van der Waals surface area contributed by atoms with Crippen LogP contribution in [-0.2, 0) is 17.5 Å². The molecule has 7 heteroatoms.